The van der Waals surface area contributed by atoms with Crippen LogP contribution in [0.1, 0.15) is 24.2 Å². The monoisotopic (exact) mass is 282 g/mol. The van der Waals surface area contributed by atoms with Gasteiger partial charge in [-0.3, -0.25) is 10.1 Å². The van der Waals surface area contributed by atoms with Crippen LogP contribution in [0.4, 0.5) is 14.5 Å². The fourth-order valence-electron chi connectivity index (χ4n) is 1.90. The second-order valence-electron chi connectivity index (χ2n) is 4.46. The molecule has 0 bridgehead atoms. The van der Waals surface area contributed by atoms with E-state index in [0.717, 1.165) is 10.6 Å². The summed E-state index contributed by atoms with van der Waals surface area (Å²) in [6, 6.07) is 5.23. The molecule has 0 radical (unpaired) electrons. The minimum Gasteiger partial charge on any atom is -0.316 e. The number of non-ortho nitro benzene ring substituents is 1. The molecule has 2 rings (SSSR count). The minimum absolute atomic E-state index is 0.173. The normalized spacial score (nSPS) is 13.2. The number of alkyl halides is 2. The van der Waals surface area contributed by atoms with E-state index in [2.05, 4.69) is 10.2 Å². The first-order chi connectivity index (χ1) is 9.34. The Bertz CT molecular complexity index is 642. The highest BCUT2D eigenvalue weighted by Gasteiger charge is 2.43. The van der Waals surface area contributed by atoms with Crippen molar-refractivity contribution >= 4 is 5.69 Å². The molecule has 8 heteroatoms. The maximum absolute atomic E-state index is 14.4. The lowest BCUT2D eigenvalue weighted by Crippen LogP contribution is -2.25. The molecule has 0 spiro atoms. The number of halogens is 2. The Kier molecular flexibility index (Phi) is 3.47. The van der Waals surface area contributed by atoms with Gasteiger partial charge < -0.3 is 4.57 Å². The molecule has 0 saturated heterocycles. The fraction of sp³-hybridized carbons (Fsp3) is 0.333. The second-order valence-corrected chi connectivity index (χ2v) is 4.46. The summed E-state index contributed by atoms with van der Waals surface area (Å²) in [7, 11) is 1.42. The van der Waals surface area contributed by atoms with Crippen molar-refractivity contribution in [2.45, 2.75) is 18.8 Å². The van der Waals surface area contributed by atoms with Gasteiger partial charge in [-0.25, -0.2) is 0 Å². The number of nitro benzene ring substituents is 1. The summed E-state index contributed by atoms with van der Waals surface area (Å²) in [6.45, 7) is 1.30. The molecule has 0 aliphatic heterocycles. The van der Waals surface area contributed by atoms with E-state index in [1.165, 1.54) is 38.5 Å². The standard InChI is InChI=1S/C12H12F2N4O2/c1-8(9-4-3-5-10(6-9)18(19)20)12(13,14)11-16-15-7-17(11)2/h3-8H,1-2H3. The lowest BCUT2D eigenvalue weighted by molar-refractivity contribution is -0.385. The third-order valence-electron chi connectivity index (χ3n) is 3.13. The van der Waals surface area contributed by atoms with Gasteiger partial charge in [0.25, 0.3) is 5.69 Å². The van der Waals surface area contributed by atoms with Gasteiger partial charge in [0.2, 0.25) is 5.82 Å². The van der Waals surface area contributed by atoms with Gasteiger partial charge >= 0.3 is 5.92 Å². The van der Waals surface area contributed by atoms with Crippen LogP contribution in [0.25, 0.3) is 0 Å². The summed E-state index contributed by atoms with van der Waals surface area (Å²) < 4.78 is 29.9. The number of hydrogen-bond acceptors (Lipinski definition) is 4. The SMILES string of the molecule is CC(c1cccc([N+](=O)[O-])c1)C(F)(F)c1nncn1C. The molecule has 1 aromatic heterocycles. The fourth-order valence-corrected chi connectivity index (χ4v) is 1.90. The number of aryl methyl sites for hydroxylation is 1. The number of benzene rings is 1. The summed E-state index contributed by atoms with van der Waals surface area (Å²) in [6.07, 6.45) is 1.18. The van der Waals surface area contributed by atoms with Gasteiger partial charge in [-0.05, 0) is 5.56 Å². The summed E-state index contributed by atoms with van der Waals surface area (Å²) >= 11 is 0. The van der Waals surface area contributed by atoms with Crippen LogP contribution < -0.4 is 0 Å². The Labute approximate surface area is 113 Å². The van der Waals surface area contributed by atoms with E-state index in [-0.39, 0.29) is 11.3 Å². The van der Waals surface area contributed by atoms with Crippen molar-refractivity contribution in [3.63, 3.8) is 0 Å². The zero-order valence-corrected chi connectivity index (χ0v) is 10.8. The molecular weight excluding hydrogens is 270 g/mol. The Hall–Kier alpha value is -2.38. The van der Waals surface area contributed by atoms with Gasteiger partial charge in [-0.1, -0.05) is 19.1 Å². The maximum Gasteiger partial charge on any atom is 0.313 e. The van der Waals surface area contributed by atoms with E-state index in [9.17, 15) is 18.9 Å². The third-order valence-corrected chi connectivity index (χ3v) is 3.13. The summed E-state index contributed by atoms with van der Waals surface area (Å²) in [5, 5.41) is 17.6. The topological polar surface area (TPSA) is 73.8 Å². The predicted octanol–water partition coefficient (Wildman–Crippen LogP) is 2.62. The van der Waals surface area contributed by atoms with Crippen molar-refractivity contribution in [2.75, 3.05) is 0 Å². The lowest BCUT2D eigenvalue weighted by atomic mass is 9.93. The molecule has 6 nitrogen and oxygen atoms in total. The van der Waals surface area contributed by atoms with Gasteiger partial charge in [0.05, 0.1) is 10.8 Å². The zero-order chi connectivity index (χ0) is 14.9. The molecule has 1 aromatic carbocycles. The van der Waals surface area contributed by atoms with Crippen molar-refractivity contribution < 1.29 is 13.7 Å². The molecular formula is C12H12F2N4O2. The van der Waals surface area contributed by atoms with Crippen molar-refractivity contribution in [3.8, 4) is 0 Å². The first-order valence-corrected chi connectivity index (χ1v) is 5.80. The zero-order valence-electron chi connectivity index (χ0n) is 10.8. The van der Waals surface area contributed by atoms with E-state index in [0.29, 0.717) is 0 Å². The van der Waals surface area contributed by atoms with E-state index < -0.39 is 22.6 Å². The van der Waals surface area contributed by atoms with Crippen molar-refractivity contribution in [1.29, 1.82) is 0 Å². The Morgan fingerprint density at radius 1 is 1.45 bits per heavy atom. The molecule has 0 amide bonds. The molecule has 0 aliphatic carbocycles. The maximum atomic E-state index is 14.4. The van der Waals surface area contributed by atoms with Gasteiger partial charge in [0.1, 0.15) is 6.33 Å². The first-order valence-electron chi connectivity index (χ1n) is 5.80. The number of rotatable bonds is 4. The molecule has 0 fully saturated rings. The largest absolute Gasteiger partial charge is 0.316 e. The first kappa shape index (κ1) is 14.0. The van der Waals surface area contributed by atoms with Gasteiger partial charge in [0.15, 0.2) is 0 Å². The van der Waals surface area contributed by atoms with Gasteiger partial charge in [-0.15, -0.1) is 10.2 Å². The molecule has 0 aliphatic rings. The van der Waals surface area contributed by atoms with Crippen LogP contribution in [0, 0.1) is 10.1 Å². The Morgan fingerprint density at radius 3 is 2.70 bits per heavy atom. The van der Waals surface area contributed by atoms with E-state index in [1.807, 2.05) is 0 Å². The molecule has 20 heavy (non-hydrogen) atoms. The summed E-state index contributed by atoms with van der Waals surface area (Å²) in [4.78, 5) is 10.1. The van der Waals surface area contributed by atoms with E-state index in [1.54, 1.807) is 0 Å². The van der Waals surface area contributed by atoms with Gasteiger partial charge in [-0.2, -0.15) is 8.78 Å². The van der Waals surface area contributed by atoms with Crippen molar-refractivity contribution in [3.05, 3.63) is 52.1 Å². The molecule has 1 atom stereocenters. The minimum atomic E-state index is -3.28. The molecule has 1 heterocycles. The molecule has 106 valence electrons. The molecule has 0 N–H and O–H groups in total. The highest BCUT2D eigenvalue weighted by molar-refractivity contribution is 5.37. The average molecular weight is 282 g/mol. The molecule has 1 unspecified atom stereocenters. The number of hydrogen-bond donors (Lipinski definition) is 0. The number of aromatic nitrogens is 3. The van der Waals surface area contributed by atoms with Crippen LogP contribution >= 0.6 is 0 Å². The Morgan fingerprint density at radius 2 is 2.15 bits per heavy atom. The van der Waals surface area contributed by atoms with Crippen LogP contribution in [0.15, 0.2) is 30.6 Å². The average Bonchev–Trinajstić information content (AvgIpc) is 2.85. The molecule has 0 saturated carbocycles. The van der Waals surface area contributed by atoms with Crippen LogP contribution in [0.5, 0.6) is 0 Å². The van der Waals surface area contributed by atoms with Crippen molar-refractivity contribution in [1.82, 2.24) is 14.8 Å². The third kappa shape index (κ3) is 2.36. The van der Waals surface area contributed by atoms with Crippen LogP contribution in [-0.2, 0) is 13.0 Å². The summed E-state index contributed by atoms with van der Waals surface area (Å²) in [5.41, 5.74) is -0.0460. The van der Waals surface area contributed by atoms with E-state index >= 15 is 0 Å². The highest BCUT2D eigenvalue weighted by Crippen LogP contribution is 2.41. The lowest BCUT2D eigenvalue weighted by Gasteiger charge is -2.22. The Balaban J connectivity index is 2.40. The van der Waals surface area contributed by atoms with Crippen LogP contribution in [0.3, 0.4) is 0 Å². The summed E-state index contributed by atoms with van der Waals surface area (Å²) in [5.74, 6) is -5.01. The highest BCUT2D eigenvalue weighted by atomic mass is 19.3. The van der Waals surface area contributed by atoms with E-state index in [4.69, 9.17) is 0 Å². The number of nitrogens with zero attached hydrogens (tertiary/aromatic N) is 4. The van der Waals surface area contributed by atoms with Gasteiger partial charge in [0, 0.05) is 19.2 Å². The van der Waals surface area contributed by atoms with Crippen LogP contribution in [0.2, 0.25) is 0 Å². The van der Waals surface area contributed by atoms with Crippen LogP contribution in [-0.4, -0.2) is 19.7 Å². The molecule has 2 aromatic rings. The quantitative estimate of drug-likeness (QED) is 0.638. The second kappa shape index (κ2) is 4.95. The number of nitro groups is 1. The van der Waals surface area contributed by atoms with Crippen molar-refractivity contribution in [2.24, 2.45) is 7.05 Å². The predicted molar refractivity (Wildman–Crippen MR) is 66.4 cm³/mol. The smallest absolute Gasteiger partial charge is 0.313 e.